The van der Waals surface area contributed by atoms with Crippen LogP contribution in [0.5, 0.6) is 0 Å². The van der Waals surface area contributed by atoms with Crippen LogP contribution in [0.1, 0.15) is 39.2 Å². The van der Waals surface area contributed by atoms with Gasteiger partial charge < -0.3 is 5.32 Å². The molecular weight excluding hydrogens is 323 g/mol. The summed E-state index contributed by atoms with van der Waals surface area (Å²) in [5.74, 6) is -1.30. The minimum Gasteiger partial charge on any atom is -0.312 e. The van der Waals surface area contributed by atoms with Crippen LogP contribution in [-0.2, 0) is 12.8 Å². The lowest BCUT2D eigenvalue weighted by molar-refractivity contribution is 0.102. The van der Waals surface area contributed by atoms with Crippen molar-refractivity contribution in [3.63, 3.8) is 0 Å². The normalized spacial score (nSPS) is 13.3. The van der Waals surface area contributed by atoms with E-state index in [1.54, 1.807) is 0 Å². The van der Waals surface area contributed by atoms with E-state index in [4.69, 9.17) is 11.6 Å². The monoisotopic (exact) mass is 334 g/mol. The minimum absolute atomic E-state index is 0.0531. The molecule has 0 atom stereocenters. The number of thiophene rings is 1. The number of hydrogen-bond acceptors (Lipinski definition) is 3. The number of aryl methyl sites for hydroxylation is 1. The van der Waals surface area contributed by atoms with Crippen LogP contribution in [0.3, 0.4) is 0 Å². The number of carbonyl (C=O) groups excluding carboxylic acids is 1. The first-order valence-corrected chi connectivity index (χ1v) is 8.11. The third kappa shape index (κ3) is 2.60. The maximum Gasteiger partial charge on any atom is 0.260 e. The molecule has 112 valence electrons. The minimum atomic E-state index is -0.676. The first-order valence-electron chi connectivity index (χ1n) is 6.92. The molecule has 1 amide bonds. The third-order valence-electron chi connectivity index (χ3n) is 3.70. The van der Waals surface area contributed by atoms with Gasteiger partial charge in [-0.3, -0.25) is 4.79 Å². The van der Waals surface area contributed by atoms with Crippen molar-refractivity contribution in [3.8, 4) is 6.07 Å². The Balaban J connectivity index is 1.95. The number of anilines is 1. The highest BCUT2D eigenvalue weighted by Gasteiger charge is 2.23. The lowest BCUT2D eigenvalue weighted by Crippen LogP contribution is -2.14. The van der Waals surface area contributed by atoms with Crippen molar-refractivity contribution in [2.75, 3.05) is 5.32 Å². The van der Waals surface area contributed by atoms with Gasteiger partial charge in [0, 0.05) is 4.88 Å². The zero-order chi connectivity index (χ0) is 15.7. The lowest BCUT2D eigenvalue weighted by Gasteiger charge is -2.09. The highest BCUT2D eigenvalue weighted by atomic mass is 35.5. The fourth-order valence-corrected chi connectivity index (χ4v) is 4.14. The van der Waals surface area contributed by atoms with Crippen molar-refractivity contribution in [1.29, 1.82) is 5.26 Å². The van der Waals surface area contributed by atoms with Crippen molar-refractivity contribution in [1.82, 2.24) is 0 Å². The molecule has 0 saturated carbocycles. The van der Waals surface area contributed by atoms with Crippen LogP contribution < -0.4 is 5.32 Å². The van der Waals surface area contributed by atoms with E-state index >= 15 is 0 Å². The summed E-state index contributed by atoms with van der Waals surface area (Å²) in [7, 11) is 0. The van der Waals surface area contributed by atoms with Crippen molar-refractivity contribution in [3.05, 3.63) is 50.6 Å². The van der Waals surface area contributed by atoms with Crippen LogP contribution >= 0.6 is 22.9 Å². The summed E-state index contributed by atoms with van der Waals surface area (Å²) in [4.78, 5) is 13.4. The second kappa shape index (κ2) is 6.07. The van der Waals surface area contributed by atoms with Crippen LogP contribution in [0.4, 0.5) is 9.39 Å². The van der Waals surface area contributed by atoms with Crippen molar-refractivity contribution < 1.29 is 9.18 Å². The number of nitrogens with zero attached hydrogens (tertiary/aromatic N) is 1. The number of hydrogen-bond donors (Lipinski definition) is 1. The van der Waals surface area contributed by atoms with Gasteiger partial charge in [0.2, 0.25) is 0 Å². The molecule has 2 aromatic rings. The summed E-state index contributed by atoms with van der Waals surface area (Å²) >= 11 is 7.30. The van der Waals surface area contributed by atoms with Crippen LogP contribution in [-0.4, -0.2) is 5.91 Å². The van der Waals surface area contributed by atoms with Crippen molar-refractivity contribution in [2.45, 2.75) is 25.7 Å². The predicted octanol–water partition coefficient (Wildman–Crippen LogP) is 4.54. The van der Waals surface area contributed by atoms with Crippen molar-refractivity contribution >= 4 is 33.8 Å². The van der Waals surface area contributed by atoms with Gasteiger partial charge in [0.25, 0.3) is 5.91 Å². The Kier molecular flexibility index (Phi) is 4.14. The Hall–Kier alpha value is -1.90. The summed E-state index contributed by atoms with van der Waals surface area (Å²) < 4.78 is 13.8. The van der Waals surface area contributed by atoms with Gasteiger partial charge in [0.1, 0.15) is 16.9 Å². The average molecular weight is 335 g/mol. The number of fused-ring (bicyclic) bond motifs is 1. The molecule has 1 aromatic carbocycles. The highest BCUT2D eigenvalue weighted by molar-refractivity contribution is 7.16. The molecular formula is C16H12ClFN2OS. The number of nitriles is 1. The van der Waals surface area contributed by atoms with Gasteiger partial charge in [-0.15, -0.1) is 11.3 Å². The molecule has 0 aliphatic heterocycles. The number of amides is 1. The van der Waals surface area contributed by atoms with Gasteiger partial charge in [0.15, 0.2) is 0 Å². The summed E-state index contributed by atoms with van der Waals surface area (Å²) in [5.41, 5.74) is 1.33. The Morgan fingerprint density at radius 3 is 2.86 bits per heavy atom. The molecule has 3 rings (SSSR count). The quantitative estimate of drug-likeness (QED) is 0.876. The van der Waals surface area contributed by atoms with Gasteiger partial charge in [-0.2, -0.15) is 5.26 Å². The van der Waals surface area contributed by atoms with E-state index in [9.17, 15) is 14.4 Å². The zero-order valence-electron chi connectivity index (χ0n) is 11.6. The highest BCUT2D eigenvalue weighted by Crippen LogP contribution is 2.38. The molecule has 0 radical (unpaired) electrons. The molecule has 1 N–H and O–H groups in total. The summed E-state index contributed by atoms with van der Waals surface area (Å²) in [5, 5.41) is 12.5. The fraction of sp³-hybridized carbons (Fsp3) is 0.250. The van der Waals surface area contributed by atoms with Gasteiger partial charge in [-0.25, -0.2) is 4.39 Å². The van der Waals surface area contributed by atoms with E-state index in [-0.39, 0.29) is 10.6 Å². The number of nitrogens with one attached hydrogen (secondary N) is 1. The maximum atomic E-state index is 13.8. The molecule has 0 bridgehead atoms. The average Bonchev–Trinajstić information content (AvgIpc) is 2.83. The molecule has 1 aliphatic rings. The van der Waals surface area contributed by atoms with Crippen LogP contribution in [0.2, 0.25) is 5.02 Å². The molecule has 0 saturated heterocycles. The Morgan fingerprint density at radius 2 is 2.14 bits per heavy atom. The molecule has 6 heteroatoms. The molecule has 3 nitrogen and oxygen atoms in total. The van der Waals surface area contributed by atoms with Crippen molar-refractivity contribution in [2.24, 2.45) is 0 Å². The predicted molar refractivity (Wildman–Crippen MR) is 85.0 cm³/mol. The molecule has 22 heavy (non-hydrogen) atoms. The summed E-state index contributed by atoms with van der Waals surface area (Å²) in [6.07, 6.45) is 3.91. The Bertz CT molecular complexity index is 774. The second-order valence-electron chi connectivity index (χ2n) is 5.08. The lowest BCUT2D eigenvalue weighted by atomic mass is 9.96. The van der Waals surface area contributed by atoms with E-state index in [0.29, 0.717) is 10.6 Å². The zero-order valence-corrected chi connectivity index (χ0v) is 13.2. The van der Waals surface area contributed by atoms with Gasteiger partial charge in [0.05, 0.1) is 16.1 Å². The fourth-order valence-electron chi connectivity index (χ4n) is 2.65. The molecule has 0 fully saturated rings. The first-order chi connectivity index (χ1) is 10.6. The van der Waals surface area contributed by atoms with Crippen LogP contribution in [0.15, 0.2) is 18.2 Å². The van der Waals surface area contributed by atoms with Crippen LogP contribution in [0.25, 0.3) is 0 Å². The largest absolute Gasteiger partial charge is 0.312 e. The molecule has 1 aliphatic carbocycles. The smallest absolute Gasteiger partial charge is 0.260 e. The van der Waals surface area contributed by atoms with E-state index in [2.05, 4.69) is 11.4 Å². The topological polar surface area (TPSA) is 52.9 Å². The van der Waals surface area contributed by atoms with E-state index in [0.717, 1.165) is 36.1 Å². The summed E-state index contributed by atoms with van der Waals surface area (Å²) in [6, 6.07) is 6.25. The number of rotatable bonds is 2. The SMILES string of the molecule is N#Cc1c(NC(=O)c2c(F)cccc2Cl)sc2c1CCCC2. The second-order valence-corrected chi connectivity index (χ2v) is 6.59. The van der Waals surface area contributed by atoms with Gasteiger partial charge in [-0.1, -0.05) is 17.7 Å². The standard InChI is InChI=1S/C16H12ClFN2OS/c17-11-5-3-6-12(18)14(11)15(21)20-16-10(8-19)9-4-1-2-7-13(9)22-16/h3,5-6H,1-2,4,7H2,(H,20,21). The van der Waals surface area contributed by atoms with Gasteiger partial charge in [-0.05, 0) is 43.4 Å². The summed E-state index contributed by atoms with van der Waals surface area (Å²) in [6.45, 7) is 0. The Labute approximate surface area is 136 Å². The first kappa shape index (κ1) is 15.0. The number of halogens is 2. The maximum absolute atomic E-state index is 13.8. The van der Waals surface area contributed by atoms with E-state index in [1.165, 1.54) is 29.5 Å². The van der Waals surface area contributed by atoms with E-state index in [1.807, 2.05) is 0 Å². The third-order valence-corrected chi connectivity index (χ3v) is 5.22. The van der Waals surface area contributed by atoms with E-state index < -0.39 is 11.7 Å². The molecule has 0 spiro atoms. The molecule has 0 unspecified atom stereocenters. The van der Waals surface area contributed by atoms with Crippen LogP contribution in [0, 0.1) is 17.1 Å². The Morgan fingerprint density at radius 1 is 1.36 bits per heavy atom. The molecule has 1 aromatic heterocycles. The number of carbonyl (C=O) groups is 1. The molecule has 1 heterocycles. The van der Waals surface area contributed by atoms with Gasteiger partial charge >= 0.3 is 0 Å². The number of benzene rings is 1.